The first kappa shape index (κ1) is 16.7. The van der Waals surface area contributed by atoms with Crippen molar-refractivity contribution >= 4 is 17.2 Å². The number of rotatable bonds is 4. The molecule has 4 rings (SSSR count). The second kappa shape index (κ2) is 7.25. The van der Waals surface area contributed by atoms with Crippen LogP contribution < -0.4 is 4.74 Å². The summed E-state index contributed by atoms with van der Waals surface area (Å²) in [6.45, 7) is 1.41. The summed E-state index contributed by atoms with van der Waals surface area (Å²) in [6.07, 6.45) is 0.678. The Morgan fingerprint density at radius 3 is 2.73 bits per heavy atom. The van der Waals surface area contributed by atoms with Crippen LogP contribution in [0.2, 0.25) is 0 Å². The van der Waals surface area contributed by atoms with Gasteiger partial charge in [0.1, 0.15) is 23.2 Å². The summed E-state index contributed by atoms with van der Waals surface area (Å²) in [4.78, 5) is 20.0. The highest BCUT2D eigenvalue weighted by Crippen LogP contribution is 2.27. The van der Waals surface area contributed by atoms with E-state index in [2.05, 4.69) is 4.98 Å². The molecule has 26 heavy (non-hydrogen) atoms. The number of benzene rings is 2. The van der Waals surface area contributed by atoms with E-state index >= 15 is 0 Å². The van der Waals surface area contributed by atoms with E-state index in [0.717, 1.165) is 21.3 Å². The van der Waals surface area contributed by atoms with Crippen molar-refractivity contribution < 1.29 is 13.9 Å². The van der Waals surface area contributed by atoms with E-state index in [1.165, 1.54) is 12.1 Å². The smallest absolute Gasteiger partial charge is 0.257 e. The molecule has 0 N–H and O–H groups in total. The Kier molecular flexibility index (Phi) is 4.67. The summed E-state index contributed by atoms with van der Waals surface area (Å²) < 4.78 is 19.6. The quantitative estimate of drug-likeness (QED) is 0.697. The molecule has 0 fully saturated rings. The number of carbonyl (C=O) groups is 1. The van der Waals surface area contributed by atoms with Gasteiger partial charge in [0.15, 0.2) is 0 Å². The number of para-hydroxylation sites is 1. The minimum Gasteiger partial charge on any atom is -0.486 e. The Labute approximate surface area is 154 Å². The number of hydrogen-bond donors (Lipinski definition) is 0. The van der Waals surface area contributed by atoms with Crippen molar-refractivity contribution in [1.82, 2.24) is 9.88 Å². The fourth-order valence-electron chi connectivity index (χ4n) is 2.95. The maximum Gasteiger partial charge on any atom is 0.257 e. The summed E-state index contributed by atoms with van der Waals surface area (Å²) >= 11 is 1.55. The molecule has 0 saturated carbocycles. The number of carbonyl (C=O) groups excluding carboxylic acids is 1. The van der Waals surface area contributed by atoms with Gasteiger partial charge in [-0.25, -0.2) is 9.37 Å². The molecule has 6 heteroatoms. The van der Waals surface area contributed by atoms with Crippen molar-refractivity contribution in [3.63, 3.8) is 0 Å². The van der Waals surface area contributed by atoms with Gasteiger partial charge in [-0.2, -0.15) is 0 Å². The molecule has 0 bridgehead atoms. The highest BCUT2D eigenvalue weighted by atomic mass is 32.1. The van der Waals surface area contributed by atoms with Gasteiger partial charge in [0.05, 0.1) is 17.8 Å². The third-order valence-corrected chi connectivity index (χ3v) is 5.33. The molecule has 4 nitrogen and oxygen atoms in total. The van der Waals surface area contributed by atoms with Gasteiger partial charge < -0.3 is 9.64 Å². The summed E-state index contributed by atoms with van der Waals surface area (Å²) in [7, 11) is 0. The number of aromatic nitrogens is 1. The normalized spacial score (nSPS) is 13.3. The van der Waals surface area contributed by atoms with Gasteiger partial charge in [0.2, 0.25) is 0 Å². The zero-order chi connectivity index (χ0) is 17.9. The Morgan fingerprint density at radius 2 is 1.92 bits per heavy atom. The maximum absolute atomic E-state index is 13.9. The lowest BCUT2D eigenvalue weighted by atomic mass is 10.1. The molecule has 0 aliphatic carbocycles. The van der Waals surface area contributed by atoms with Crippen molar-refractivity contribution in [2.75, 3.05) is 6.54 Å². The number of hydrogen-bond acceptors (Lipinski definition) is 4. The molecule has 3 aromatic rings. The van der Waals surface area contributed by atoms with Crippen LogP contribution in [0.3, 0.4) is 0 Å². The van der Waals surface area contributed by atoms with Crippen LogP contribution in [-0.2, 0) is 19.6 Å². The SMILES string of the molecule is O=C(c1ccccc1F)N1CCc2nc(COc3ccccc3)sc2C1. The van der Waals surface area contributed by atoms with Crippen LogP contribution in [0.15, 0.2) is 54.6 Å². The predicted octanol–water partition coefficient (Wildman–Crippen LogP) is 4.06. The molecular weight excluding hydrogens is 351 g/mol. The summed E-state index contributed by atoms with van der Waals surface area (Å²) in [6, 6.07) is 15.7. The lowest BCUT2D eigenvalue weighted by Gasteiger charge is -2.26. The van der Waals surface area contributed by atoms with Gasteiger partial charge in [-0.3, -0.25) is 4.79 Å². The highest BCUT2D eigenvalue weighted by molar-refractivity contribution is 7.11. The van der Waals surface area contributed by atoms with E-state index in [0.29, 0.717) is 26.1 Å². The van der Waals surface area contributed by atoms with Gasteiger partial charge in [0, 0.05) is 17.8 Å². The second-order valence-corrected chi connectivity index (χ2v) is 7.20. The fourth-order valence-corrected chi connectivity index (χ4v) is 3.99. The average Bonchev–Trinajstić information content (AvgIpc) is 3.09. The zero-order valence-electron chi connectivity index (χ0n) is 14.0. The van der Waals surface area contributed by atoms with E-state index < -0.39 is 5.82 Å². The second-order valence-electron chi connectivity index (χ2n) is 6.04. The van der Waals surface area contributed by atoms with Crippen LogP contribution in [0.25, 0.3) is 0 Å². The average molecular weight is 368 g/mol. The van der Waals surface area contributed by atoms with Gasteiger partial charge in [-0.15, -0.1) is 11.3 Å². The van der Waals surface area contributed by atoms with E-state index in [-0.39, 0.29) is 11.5 Å². The molecule has 2 aromatic carbocycles. The van der Waals surface area contributed by atoms with Crippen molar-refractivity contribution in [3.8, 4) is 5.75 Å². The van der Waals surface area contributed by atoms with Gasteiger partial charge in [-0.1, -0.05) is 30.3 Å². The molecule has 2 heterocycles. The fraction of sp³-hybridized carbons (Fsp3) is 0.200. The first-order valence-corrected chi connectivity index (χ1v) is 9.21. The first-order valence-electron chi connectivity index (χ1n) is 8.40. The van der Waals surface area contributed by atoms with Gasteiger partial charge in [-0.05, 0) is 24.3 Å². The van der Waals surface area contributed by atoms with Crippen LogP contribution in [-0.4, -0.2) is 22.3 Å². The van der Waals surface area contributed by atoms with Crippen LogP contribution in [0.4, 0.5) is 4.39 Å². The van der Waals surface area contributed by atoms with Gasteiger partial charge in [0.25, 0.3) is 5.91 Å². The van der Waals surface area contributed by atoms with Crippen LogP contribution >= 0.6 is 11.3 Å². The number of thiazole rings is 1. The van der Waals surface area contributed by atoms with Crippen molar-refractivity contribution in [2.45, 2.75) is 19.6 Å². The van der Waals surface area contributed by atoms with Crippen LogP contribution in [0, 0.1) is 5.82 Å². The maximum atomic E-state index is 13.9. The number of nitrogens with zero attached hydrogens (tertiary/aromatic N) is 2. The molecule has 1 aliphatic heterocycles. The monoisotopic (exact) mass is 368 g/mol. The summed E-state index contributed by atoms with van der Waals surface area (Å²) in [5, 5.41) is 0.888. The molecule has 0 atom stereocenters. The summed E-state index contributed by atoms with van der Waals surface area (Å²) in [5.41, 5.74) is 1.13. The Balaban J connectivity index is 1.45. The van der Waals surface area contributed by atoms with Crippen molar-refractivity contribution in [1.29, 1.82) is 0 Å². The Bertz CT molecular complexity index is 927. The molecular formula is C20H17FN2O2S. The molecule has 1 aliphatic rings. The van der Waals surface area contributed by atoms with E-state index in [9.17, 15) is 9.18 Å². The minimum atomic E-state index is -0.482. The molecule has 0 unspecified atom stereocenters. The third-order valence-electron chi connectivity index (χ3n) is 4.27. The van der Waals surface area contributed by atoms with Crippen LogP contribution in [0.1, 0.15) is 25.9 Å². The minimum absolute atomic E-state index is 0.119. The first-order chi connectivity index (χ1) is 12.7. The standard InChI is InChI=1S/C20H17FN2O2S/c21-16-9-5-4-8-15(16)20(24)23-11-10-17-18(12-23)26-19(22-17)13-25-14-6-2-1-3-7-14/h1-9H,10-13H2. The third kappa shape index (κ3) is 3.46. The van der Waals surface area contributed by atoms with Crippen molar-refractivity contribution in [2.24, 2.45) is 0 Å². The predicted molar refractivity (Wildman–Crippen MR) is 97.7 cm³/mol. The van der Waals surface area contributed by atoms with E-state index in [1.807, 2.05) is 30.3 Å². The largest absolute Gasteiger partial charge is 0.486 e. The Morgan fingerprint density at radius 1 is 1.15 bits per heavy atom. The van der Waals surface area contributed by atoms with Crippen LogP contribution in [0.5, 0.6) is 5.75 Å². The lowest BCUT2D eigenvalue weighted by molar-refractivity contribution is 0.0731. The molecule has 132 valence electrons. The molecule has 0 radical (unpaired) electrons. The highest BCUT2D eigenvalue weighted by Gasteiger charge is 2.26. The molecule has 0 spiro atoms. The van der Waals surface area contributed by atoms with Crippen molar-refractivity contribution in [3.05, 3.63) is 81.6 Å². The van der Waals surface area contributed by atoms with E-state index in [1.54, 1.807) is 28.4 Å². The topological polar surface area (TPSA) is 42.4 Å². The molecule has 1 amide bonds. The zero-order valence-corrected chi connectivity index (χ0v) is 14.8. The number of amides is 1. The molecule has 0 saturated heterocycles. The number of halogens is 1. The van der Waals surface area contributed by atoms with E-state index in [4.69, 9.17) is 4.74 Å². The van der Waals surface area contributed by atoms with Gasteiger partial charge >= 0.3 is 0 Å². The molecule has 1 aromatic heterocycles. The lowest BCUT2D eigenvalue weighted by Crippen LogP contribution is -2.35. The summed E-state index contributed by atoms with van der Waals surface area (Å²) in [5.74, 6) is 0.0471. The number of ether oxygens (including phenoxy) is 1. The number of fused-ring (bicyclic) bond motifs is 1. The Hall–Kier alpha value is -2.73.